The molecule has 1 aromatic carbocycles. The highest BCUT2D eigenvalue weighted by atomic mass is 32.2. The number of benzene rings is 1. The van der Waals surface area contributed by atoms with E-state index in [4.69, 9.17) is 4.42 Å². The highest BCUT2D eigenvalue weighted by molar-refractivity contribution is 7.99. The van der Waals surface area contributed by atoms with E-state index < -0.39 is 0 Å². The number of thioether (sulfide) groups is 1. The summed E-state index contributed by atoms with van der Waals surface area (Å²) in [4.78, 5) is 18.3. The van der Waals surface area contributed by atoms with Crippen molar-refractivity contribution in [2.75, 3.05) is 5.75 Å². The maximum Gasteiger partial charge on any atom is 0.226 e. The number of thiazole rings is 1. The number of hydrogen-bond acceptors (Lipinski definition) is 5. The standard InChI is InChI=1S/C19H18N2O2S2/c1-12-6-7-16(23-12)19-20-13(11-25-19)10-18(22)21-15-8-9-24-17-5-3-2-4-14(15)17/h2-7,11,15H,8-10H2,1H3,(H,21,22)/t15-/m0/s1. The van der Waals surface area contributed by atoms with E-state index >= 15 is 0 Å². The van der Waals surface area contributed by atoms with Crippen molar-refractivity contribution >= 4 is 29.0 Å². The molecule has 4 rings (SSSR count). The van der Waals surface area contributed by atoms with E-state index in [1.165, 1.54) is 21.8 Å². The van der Waals surface area contributed by atoms with Gasteiger partial charge in [0.2, 0.25) is 5.91 Å². The van der Waals surface area contributed by atoms with Crippen molar-refractivity contribution in [3.8, 4) is 10.8 Å². The Kier molecular flexibility index (Phi) is 4.63. The predicted octanol–water partition coefficient (Wildman–Crippen LogP) is 4.61. The van der Waals surface area contributed by atoms with Gasteiger partial charge in [-0.05, 0) is 37.1 Å². The molecule has 1 aliphatic heterocycles. The molecule has 1 aliphatic rings. The number of rotatable bonds is 4. The molecule has 0 saturated heterocycles. The lowest BCUT2D eigenvalue weighted by Crippen LogP contribution is -2.31. The number of nitrogens with one attached hydrogen (secondary N) is 1. The summed E-state index contributed by atoms with van der Waals surface area (Å²) in [6.07, 6.45) is 1.25. The molecule has 0 aliphatic carbocycles. The molecule has 128 valence electrons. The van der Waals surface area contributed by atoms with Gasteiger partial charge in [0.05, 0.1) is 18.2 Å². The minimum absolute atomic E-state index is 0.0131. The molecule has 3 aromatic rings. The van der Waals surface area contributed by atoms with Crippen LogP contribution in [-0.2, 0) is 11.2 Å². The number of aryl methyl sites for hydroxylation is 1. The first-order valence-corrected chi connectivity index (χ1v) is 10.1. The van der Waals surface area contributed by atoms with Crippen LogP contribution >= 0.6 is 23.1 Å². The van der Waals surface area contributed by atoms with Crippen LogP contribution in [0.25, 0.3) is 10.8 Å². The maximum absolute atomic E-state index is 12.5. The fraction of sp³-hybridized carbons (Fsp3) is 0.263. The first-order valence-electron chi connectivity index (χ1n) is 8.21. The predicted molar refractivity (Wildman–Crippen MR) is 101 cm³/mol. The molecule has 25 heavy (non-hydrogen) atoms. The molecule has 4 nitrogen and oxygen atoms in total. The van der Waals surface area contributed by atoms with Crippen LogP contribution < -0.4 is 5.32 Å². The first kappa shape index (κ1) is 16.4. The number of nitrogens with zero attached hydrogens (tertiary/aromatic N) is 1. The fourth-order valence-corrected chi connectivity index (χ4v) is 4.86. The number of carbonyl (C=O) groups excluding carboxylic acids is 1. The molecule has 2 aromatic heterocycles. The molecule has 0 saturated carbocycles. The van der Waals surface area contributed by atoms with Crippen molar-refractivity contribution in [3.05, 3.63) is 58.8 Å². The average molecular weight is 370 g/mol. The largest absolute Gasteiger partial charge is 0.459 e. The minimum Gasteiger partial charge on any atom is -0.459 e. The van der Waals surface area contributed by atoms with E-state index in [2.05, 4.69) is 22.4 Å². The van der Waals surface area contributed by atoms with E-state index in [9.17, 15) is 4.79 Å². The average Bonchev–Trinajstić information content (AvgIpc) is 3.24. The SMILES string of the molecule is Cc1ccc(-c2nc(CC(=O)N[C@H]3CCSc4ccccc43)cs2)o1. The topological polar surface area (TPSA) is 55.1 Å². The van der Waals surface area contributed by atoms with E-state index in [0.29, 0.717) is 6.42 Å². The Hall–Kier alpha value is -2.05. The van der Waals surface area contributed by atoms with Gasteiger partial charge < -0.3 is 9.73 Å². The maximum atomic E-state index is 12.5. The quantitative estimate of drug-likeness (QED) is 0.729. The normalized spacial score (nSPS) is 16.4. The monoisotopic (exact) mass is 370 g/mol. The Balaban J connectivity index is 1.42. The number of carbonyl (C=O) groups is 1. The molecule has 0 spiro atoms. The van der Waals surface area contributed by atoms with Crippen LogP contribution in [0.2, 0.25) is 0 Å². The summed E-state index contributed by atoms with van der Waals surface area (Å²) in [6.45, 7) is 1.91. The Morgan fingerprint density at radius 3 is 3.04 bits per heavy atom. The van der Waals surface area contributed by atoms with Crippen molar-refractivity contribution in [2.45, 2.75) is 30.7 Å². The van der Waals surface area contributed by atoms with Crippen LogP contribution in [0.4, 0.5) is 0 Å². The van der Waals surface area contributed by atoms with Crippen LogP contribution in [0.5, 0.6) is 0 Å². The summed E-state index contributed by atoms with van der Waals surface area (Å²) in [6, 6.07) is 12.2. The lowest BCUT2D eigenvalue weighted by atomic mass is 10.0. The molecule has 0 unspecified atom stereocenters. The summed E-state index contributed by atoms with van der Waals surface area (Å²) in [5, 5.41) is 5.91. The van der Waals surface area contributed by atoms with Gasteiger partial charge in [0.1, 0.15) is 5.76 Å². The van der Waals surface area contributed by atoms with Crippen molar-refractivity contribution < 1.29 is 9.21 Å². The van der Waals surface area contributed by atoms with Gasteiger partial charge in [-0.15, -0.1) is 23.1 Å². The molecule has 0 fully saturated rings. The van der Waals surface area contributed by atoms with Crippen LogP contribution in [0, 0.1) is 6.92 Å². The molecular formula is C19H18N2O2S2. The third-order valence-corrected chi connectivity index (χ3v) is 6.17. The zero-order valence-corrected chi connectivity index (χ0v) is 15.5. The lowest BCUT2D eigenvalue weighted by Gasteiger charge is -2.25. The number of furan rings is 1. The molecule has 1 amide bonds. The molecule has 0 radical (unpaired) electrons. The van der Waals surface area contributed by atoms with E-state index in [1.807, 2.05) is 48.3 Å². The summed E-state index contributed by atoms with van der Waals surface area (Å²) in [5.41, 5.74) is 2.00. The second-order valence-electron chi connectivity index (χ2n) is 6.03. The molecule has 1 atom stereocenters. The van der Waals surface area contributed by atoms with Gasteiger partial charge in [-0.1, -0.05) is 18.2 Å². The Morgan fingerprint density at radius 1 is 1.32 bits per heavy atom. The molecule has 3 heterocycles. The number of fused-ring (bicyclic) bond motifs is 1. The Labute approximate surface area is 154 Å². The second-order valence-corrected chi connectivity index (χ2v) is 8.02. The number of aromatic nitrogens is 1. The van der Waals surface area contributed by atoms with Gasteiger partial charge in [0, 0.05) is 16.0 Å². The Bertz CT molecular complexity index is 900. The lowest BCUT2D eigenvalue weighted by molar-refractivity contribution is -0.121. The first-order chi connectivity index (χ1) is 12.2. The van der Waals surface area contributed by atoms with E-state index in [0.717, 1.165) is 34.4 Å². The number of amides is 1. The number of hydrogen-bond donors (Lipinski definition) is 1. The van der Waals surface area contributed by atoms with Crippen LogP contribution in [-0.4, -0.2) is 16.6 Å². The van der Waals surface area contributed by atoms with Gasteiger partial charge in [0.25, 0.3) is 0 Å². The van der Waals surface area contributed by atoms with Gasteiger partial charge in [-0.2, -0.15) is 0 Å². The summed E-state index contributed by atoms with van der Waals surface area (Å²) >= 11 is 3.36. The third kappa shape index (κ3) is 3.65. The van der Waals surface area contributed by atoms with Crippen LogP contribution in [0.15, 0.2) is 51.1 Å². The Morgan fingerprint density at radius 2 is 2.20 bits per heavy atom. The smallest absolute Gasteiger partial charge is 0.226 e. The summed E-state index contributed by atoms with van der Waals surface area (Å²) < 4.78 is 5.59. The van der Waals surface area contributed by atoms with Crippen molar-refractivity contribution in [2.24, 2.45) is 0 Å². The summed E-state index contributed by atoms with van der Waals surface area (Å²) in [7, 11) is 0. The highest BCUT2D eigenvalue weighted by Crippen LogP contribution is 2.35. The zero-order chi connectivity index (χ0) is 17.2. The highest BCUT2D eigenvalue weighted by Gasteiger charge is 2.22. The van der Waals surface area contributed by atoms with Crippen molar-refractivity contribution in [1.82, 2.24) is 10.3 Å². The van der Waals surface area contributed by atoms with E-state index in [1.54, 1.807) is 0 Å². The zero-order valence-electron chi connectivity index (χ0n) is 13.8. The van der Waals surface area contributed by atoms with Gasteiger partial charge in [-0.3, -0.25) is 4.79 Å². The molecule has 6 heteroatoms. The molecular weight excluding hydrogens is 352 g/mol. The second kappa shape index (κ2) is 7.06. The van der Waals surface area contributed by atoms with Gasteiger partial charge in [-0.25, -0.2) is 4.98 Å². The fourth-order valence-electron chi connectivity index (χ4n) is 2.95. The van der Waals surface area contributed by atoms with Gasteiger partial charge in [0.15, 0.2) is 10.8 Å². The third-order valence-electron chi connectivity index (χ3n) is 4.14. The van der Waals surface area contributed by atoms with Crippen LogP contribution in [0.3, 0.4) is 0 Å². The summed E-state index contributed by atoms with van der Waals surface area (Å²) in [5.74, 6) is 2.66. The van der Waals surface area contributed by atoms with Gasteiger partial charge >= 0.3 is 0 Å². The molecule has 1 N–H and O–H groups in total. The minimum atomic E-state index is 0.0131. The van der Waals surface area contributed by atoms with Crippen molar-refractivity contribution in [3.63, 3.8) is 0 Å². The van der Waals surface area contributed by atoms with E-state index in [-0.39, 0.29) is 11.9 Å². The van der Waals surface area contributed by atoms with Crippen molar-refractivity contribution in [1.29, 1.82) is 0 Å². The molecule has 0 bridgehead atoms. The van der Waals surface area contributed by atoms with Crippen LogP contribution in [0.1, 0.15) is 29.5 Å².